The largest absolute Gasteiger partial charge is 0.325 e. The minimum atomic E-state index is -0.0305. The molecule has 0 saturated carbocycles. The molecule has 0 fully saturated rings. The van der Waals surface area contributed by atoms with Gasteiger partial charge in [0.25, 0.3) is 0 Å². The predicted octanol–water partition coefficient (Wildman–Crippen LogP) is 4.17. The van der Waals surface area contributed by atoms with Crippen molar-refractivity contribution in [2.45, 2.75) is 6.54 Å². The van der Waals surface area contributed by atoms with Gasteiger partial charge in [0.05, 0.1) is 6.54 Å². The summed E-state index contributed by atoms with van der Waals surface area (Å²) in [5.41, 5.74) is 2.06. The first kappa shape index (κ1) is 13.9. The highest BCUT2D eigenvalue weighted by atomic mass is 32.1. The summed E-state index contributed by atoms with van der Waals surface area (Å²) in [6, 6.07) is 24.3. The van der Waals surface area contributed by atoms with E-state index in [1.54, 1.807) is 0 Å². The van der Waals surface area contributed by atoms with Gasteiger partial charge in [0.1, 0.15) is 5.01 Å². The first-order chi connectivity index (χ1) is 11.3. The zero-order valence-corrected chi connectivity index (χ0v) is 13.2. The summed E-state index contributed by atoms with van der Waals surface area (Å²) >= 11 is 1.19. The molecule has 1 heterocycles. The maximum atomic E-state index is 12.2. The number of fused-ring (bicyclic) bond motifs is 1. The number of aromatic nitrogens is 2. The molecule has 0 aliphatic rings. The predicted molar refractivity (Wildman–Crippen MR) is 94.9 cm³/mol. The molecule has 112 valence electrons. The normalized spacial score (nSPS) is 11.0. The summed E-state index contributed by atoms with van der Waals surface area (Å²) in [5, 5.41) is 7.62. The number of hydrogen-bond acceptors (Lipinski definition) is 3. The van der Waals surface area contributed by atoms with Crippen LogP contribution in [0.5, 0.6) is 0 Å². The lowest BCUT2D eigenvalue weighted by molar-refractivity contribution is 0.669. The maximum Gasteiger partial charge on any atom is 0.325 e. The van der Waals surface area contributed by atoms with Crippen molar-refractivity contribution in [1.29, 1.82) is 0 Å². The smallest absolute Gasteiger partial charge is 0.255 e. The average molecular weight is 318 g/mol. The van der Waals surface area contributed by atoms with Crippen LogP contribution in [0.4, 0.5) is 0 Å². The van der Waals surface area contributed by atoms with Crippen molar-refractivity contribution < 1.29 is 0 Å². The Hall–Kier alpha value is -2.72. The van der Waals surface area contributed by atoms with Gasteiger partial charge < -0.3 is 0 Å². The van der Waals surface area contributed by atoms with Crippen LogP contribution in [0.15, 0.2) is 77.6 Å². The van der Waals surface area contributed by atoms with Gasteiger partial charge in [0, 0.05) is 5.56 Å². The topological polar surface area (TPSA) is 34.9 Å². The number of hydrogen-bond donors (Lipinski definition) is 0. The molecule has 0 aliphatic heterocycles. The molecule has 0 N–H and O–H groups in total. The Balaban J connectivity index is 1.68. The van der Waals surface area contributed by atoms with E-state index in [4.69, 9.17) is 0 Å². The third-order valence-corrected chi connectivity index (χ3v) is 4.67. The molecule has 23 heavy (non-hydrogen) atoms. The Bertz CT molecular complexity index is 1020. The van der Waals surface area contributed by atoms with E-state index in [1.165, 1.54) is 26.8 Å². The highest BCUT2D eigenvalue weighted by molar-refractivity contribution is 7.12. The van der Waals surface area contributed by atoms with E-state index in [1.807, 2.05) is 42.5 Å². The van der Waals surface area contributed by atoms with Crippen LogP contribution in [-0.2, 0) is 6.54 Å². The van der Waals surface area contributed by atoms with Gasteiger partial charge in [-0.3, -0.25) is 4.79 Å². The molecule has 0 radical (unpaired) electrons. The van der Waals surface area contributed by atoms with Crippen LogP contribution in [0, 0.1) is 0 Å². The Morgan fingerprint density at radius 3 is 2.43 bits per heavy atom. The zero-order valence-electron chi connectivity index (χ0n) is 12.3. The SMILES string of the molecule is O=c1sc(-c2ccccc2)nn1Cc1ccc2ccccc2c1. The molecular weight excluding hydrogens is 304 g/mol. The van der Waals surface area contributed by atoms with Crippen molar-refractivity contribution in [3.63, 3.8) is 0 Å². The number of benzene rings is 3. The van der Waals surface area contributed by atoms with E-state index in [0.29, 0.717) is 6.54 Å². The number of nitrogens with zero attached hydrogens (tertiary/aromatic N) is 2. The molecule has 3 aromatic carbocycles. The van der Waals surface area contributed by atoms with Crippen LogP contribution in [0.1, 0.15) is 5.56 Å². The first-order valence-electron chi connectivity index (χ1n) is 7.41. The summed E-state index contributed by atoms with van der Waals surface area (Å²) in [6.07, 6.45) is 0. The fourth-order valence-electron chi connectivity index (χ4n) is 2.61. The Kier molecular flexibility index (Phi) is 3.52. The van der Waals surface area contributed by atoms with E-state index in [2.05, 4.69) is 35.4 Å². The quantitative estimate of drug-likeness (QED) is 0.568. The third kappa shape index (κ3) is 2.81. The minimum Gasteiger partial charge on any atom is -0.255 e. The Labute approximate surface area is 137 Å². The summed E-state index contributed by atoms with van der Waals surface area (Å²) in [6.45, 7) is 0.493. The summed E-state index contributed by atoms with van der Waals surface area (Å²) in [5.74, 6) is 0. The molecule has 0 bridgehead atoms. The molecule has 3 nitrogen and oxygen atoms in total. The van der Waals surface area contributed by atoms with E-state index >= 15 is 0 Å². The van der Waals surface area contributed by atoms with Gasteiger partial charge in [-0.15, -0.1) is 0 Å². The molecule has 4 rings (SSSR count). The van der Waals surface area contributed by atoms with Gasteiger partial charge >= 0.3 is 4.87 Å². The molecule has 0 spiro atoms. The fraction of sp³-hybridized carbons (Fsp3) is 0.0526. The molecule has 0 saturated heterocycles. The van der Waals surface area contributed by atoms with Crippen molar-refractivity contribution in [3.05, 3.63) is 88.0 Å². The van der Waals surface area contributed by atoms with Gasteiger partial charge in [-0.1, -0.05) is 78.1 Å². The van der Waals surface area contributed by atoms with Crippen LogP contribution in [-0.4, -0.2) is 9.78 Å². The third-order valence-electron chi connectivity index (χ3n) is 3.77. The number of rotatable bonds is 3. The summed E-state index contributed by atoms with van der Waals surface area (Å²) < 4.78 is 1.54. The van der Waals surface area contributed by atoms with Crippen LogP contribution in [0.2, 0.25) is 0 Å². The second-order valence-corrected chi connectivity index (χ2v) is 6.32. The monoisotopic (exact) mass is 318 g/mol. The Morgan fingerprint density at radius 2 is 1.61 bits per heavy atom. The molecule has 4 aromatic rings. The highest BCUT2D eigenvalue weighted by Gasteiger charge is 2.08. The molecule has 0 unspecified atom stereocenters. The van der Waals surface area contributed by atoms with Crippen molar-refractivity contribution in [3.8, 4) is 10.6 Å². The van der Waals surface area contributed by atoms with Gasteiger partial charge in [-0.25, -0.2) is 4.68 Å². The van der Waals surface area contributed by atoms with Crippen LogP contribution < -0.4 is 4.87 Å². The second kappa shape index (κ2) is 5.82. The summed E-state index contributed by atoms with van der Waals surface area (Å²) in [7, 11) is 0. The minimum absolute atomic E-state index is 0.0305. The first-order valence-corrected chi connectivity index (χ1v) is 8.22. The molecule has 0 atom stereocenters. The molecule has 4 heteroatoms. The lowest BCUT2D eigenvalue weighted by Crippen LogP contribution is -2.15. The van der Waals surface area contributed by atoms with Crippen LogP contribution >= 0.6 is 11.3 Å². The van der Waals surface area contributed by atoms with Gasteiger partial charge in [-0.2, -0.15) is 5.10 Å². The van der Waals surface area contributed by atoms with Crippen molar-refractivity contribution >= 4 is 22.1 Å². The fourth-order valence-corrected chi connectivity index (χ4v) is 3.38. The molecule has 1 aromatic heterocycles. The Morgan fingerprint density at radius 1 is 0.870 bits per heavy atom. The van der Waals surface area contributed by atoms with E-state index in [-0.39, 0.29) is 4.87 Å². The summed E-state index contributed by atoms with van der Waals surface area (Å²) in [4.78, 5) is 12.2. The molecule has 0 amide bonds. The molecular formula is C19H14N2OS. The van der Waals surface area contributed by atoms with Crippen molar-refractivity contribution in [1.82, 2.24) is 9.78 Å². The van der Waals surface area contributed by atoms with Crippen LogP contribution in [0.25, 0.3) is 21.3 Å². The standard InChI is InChI=1S/C19H14N2OS/c22-19-21(20-18(23-19)16-7-2-1-3-8-16)13-14-10-11-15-6-4-5-9-17(15)12-14/h1-12H,13H2. The lowest BCUT2D eigenvalue weighted by Gasteiger charge is -2.03. The average Bonchev–Trinajstić information content (AvgIpc) is 2.96. The van der Waals surface area contributed by atoms with E-state index in [0.717, 1.165) is 16.1 Å². The van der Waals surface area contributed by atoms with Crippen molar-refractivity contribution in [2.75, 3.05) is 0 Å². The maximum absolute atomic E-state index is 12.2. The van der Waals surface area contributed by atoms with Crippen LogP contribution in [0.3, 0.4) is 0 Å². The zero-order chi connectivity index (χ0) is 15.6. The van der Waals surface area contributed by atoms with Gasteiger partial charge in [-0.05, 0) is 22.4 Å². The highest BCUT2D eigenvalue weighted by Crippen LogP contribution is 2.20. The van der Waals surface area contributed by atoms with Gasteiger partial charge in [0.2, 0.25) is 0 Å². The van der Waals surface area contributed by atoms with Crippen molar-refractivity contribution in [2.24, 2.45) is 0 Å². The van der Waals surface area contributed by atoms with Gasteiger partial charge in [0.15, 0.2) is 0 Å². The second-order valence-electron chi connectivity index (χ2n) is 5.38. The molecule has 0 aliphatic carbocycles. The van der Waals surface area contributed by atoms with E-state index in [9.17, 15) is 4.79 Å². The lowest BCUT2D eigenvalue weighted by atomic mass is 10.1. The van der Waals surface area contributed by atoms with E-state index < -0.39 is 0 Å².